The summed E-state index contributed by atoms with van der Waals surface area (Å²) in [6.07, 6.45) is 6.78. The molecule has 0 saturated carbocycles. The lowest BCUT2D eigenvalue weighted by Gasteiger charge is -2.08. The van der Waals surface area contributed by atoms with Crippen LogP contribution in [0.2, 0.25) is 0 Å². The van der Waals surface area contributed by atoms with E-state index < -0.39 is 0 Å². The fourth-order valence-corrected chi connectivity index (χ4v) is 2.00. The molecule has 23 heavy (non-hydrogen) atoms. The number of ether oxygens (including phenoxy) is 1. The molecular weight excluding hydrogens is 280 g/mol. The number of benzene rings is 2. The van der Waals surface area contributed by atoms with Crippen molar-refractivity contribution in [2.75, 3.05) is 7.11 Å². The standard InChI is InChI=1S/C18H18O.C4H10/c1-4-7-15-8-5-10-17(12-15)18-11-6-9-16(13-18)14(2)19-3;1-3-4-2/h4-13H,2H2,1,3H3;3-4H2,1-2H3/b7-4+;. The van der Waals surface area contributed by atoms with E-state index in [-0.39, 0.29) is 0 Å². The zero-order chi connectivity index (χ0) is 17.1. The van der Waals surface area contributed by atoms with Crippen molar-refractivity contribution in [3.05, 3.63) is 72.3 Å². The highest BCUT2D eigenvalue weighted by atomic mass is 16.5. The van der Waals surface area contributed by atoms with Crippen LogP contribution in [0.4, 0.5) is 0 Å². The maximum absolute atomic E-state index is 5.18. The first-order valence-corrected chi connectivity index (χ1v) is 8.22. The Morgan fingerprint density at radius 1 is 1.00 bits per heavy atom. The normalized spacial score (nSPS) is 10.1. The van der Waals surface area contributed by atoms with Crippen molar-refractivity contribution in [1.82, 2.24) is 0 Å². The first kappa shape index (κ1) is 18.8. The van der Waals surface area contributed by atoms with Crippen LogP contribution in [0.3, 0.4) is 0 Å². The molecule has 0 unspecified atom stereocenters. The molecule has 0 amide bonds. The molecule has 0 bridgehead atoms. The number of hydrogen-bond donors (Lipinski definition) is 0. The van der Waals surface area contributed by atoms with Gasteiger partial charge in [0.25, 0.3) is 0 Å². The van der Waals surface area contributed by atoms with E-state index in [1.807, 2.05) is 25.1 Å². The second-order valence-electron chi connectivity index (χ2n) is 5.33. The van der Waals surface area contributed by atoms with Crippen molar-refractivity contribution in [1.29, 1.82) is 0 Å². The molecule has 0 aliphatic carbocycles. The summed E-state index contributed by atoms with van der Waals surface area (Å²) in [6, 6.07) is 16.7. The fraction of sp³-hybridized carbons (Fsp3) is 0.273. The van der Waals surface area contributed by atoms with Gasteiger partial charge in [0.2, 0.25) is 0 Å². The van der Waals surface area contributed by atoms with Crippen molar-refractivity contribution in [3.63, 3.8) is 0 Å². The van der Waals surface area contributed by atoms with Gasteiger partial charge >= 0.3 is 0 Å². The van der Waals surface area contributed by atoms with Crippen LogP contribution < -0.4 is 0 Å². The molecule has 0 radical (unpaired) electrons. The number of unbranched alkanes of at least 4 members (excludes halogenated alkanes) is 1. The van der Waals surface area contributed by atoms with Crippen LogP contribution in [0, 0.1) is 0 Å². The van der Waals surface area contributed by atoms with Gasteiger partial charge in [-0.05, 0) is 35.7 Å². The van der Waals surface area contributed by atoms with Crippen LogP contribution in [0.25, 0.3) is 23.0 Å². The highest BCUT2D eigenvalue weighted by molar-refractivity contribution is 5.71. The Balaban J connectivity index is 0.000000593. The average molecular weight is 308 g/mol. The molecule has 0 fully saturated rings. The predicted molar refractivity (Wildman–Crippen MR) is 103 cm³/mol. The van der Waals surface area contributed by atoms with E-state index >= 15 is 0 Å². The molecular formula is C22H28O. The summed E-state index contributed by atoms with van der Waals surface area (Å²) in [7, 11) is 1.64. The number of rotatable bonds is 5. The molecule has 0 saturated heterocycles. The summed E-state index contributed by atoms with van der Waals surface area (Å²) in [5.74, 6) is 0.687. The molecule has 2 aromatic carbocycles. The Morgan fingerprint density at radius 2 is 1.61 bits per heavy atom. The molecule has 122 valence electrons. The summed E-state index contributed by atoms with van der Waals surface area (Å²) >= 11 is 0. The van der Waals surface area contributed by atoms with Gasteiger partial charge in [-0.3, -0.25) is 0 Å². The van der Waals surface area contributed by atoms with Gasteiger partial charge in [-0.1, -0.05) is 81.8 Å². The van der Waals surface area contributed by atoms with Crippen LogP contribution >= 0.6 is 0 Å². The highest BCUT2D eigenvalue weighted by Crippen LogP contribution is 2.24. The molecule has 1 heteroatoms. The molecule has 0 aliphatic heterocycles. The van der Waals surface area contributed by atoms with E-state index in [2.05, 4.69) is 62.9 Å². The molecule has 1 nitrogen and oxygen atoms in total. The zero-order valence-corrected chi connectivity index (χ0v) is 14.8. The third kappa shape index (κ3) is 6.15. The minimum Gasteiger partial charge on any atom is -0.497 e. The van der Waals surface area contributed by atoms with Crippen LogP contribution in [0.5, 0.6) is 0 Å². The molecule has 0 aromatic heterocycles. The maximum Gasteiger partial charge on any atom is 0.118 e. The van der Waals surface area contributed by atoms with Crippen LogP contribution in [0.1, 0.15) is 44.7 Å². The first-order valence-electron chi connectivity index (χ1n) is 8.22. The lowest BCUT2D eigenvalue weighted by molar-refractivity contribution is 0.371. The van der Waals surface area contributed by atoms with Crippen molar-refractivity contribution in [3.8, 4) is 11.1 Å². The van der Waals surface area contributed by atoms with E-state index in [0.717, 1.165) is 5.56 Å². The fourth-order valence-electron chi connectivity index (χ4n) is 2.00. The van der Waals surface area contributed by atoms with E-state index in [1.165, 1.54) is 29.5 Å². The average Bonchev–Trinajstić information content (AvgIpc) is 2.62. The maximum atomic E-state index is 5.18. The SMILES string of the molecule is C=C(OC)c1cccc(-c2cccc(/C=C/C)c2)c1.CCCC. The van der Waals surface area contributed by atoms with Gasteiger partial charge in [-0.2, -0.15) is 0 Å². The molecule has 0 spiro atoms. The van der Waals surface area contributed by atoms with E-state index in [0.29, 0.717) is 5.76 Å². The van der Waals surface area contributed by atoms with Gasteiger partial charge in [0.05, 0.1) is 7.11 Å². The summed E-state index contributed by atoms with van der Waals surface area (Å²) in [5, 5.41) is 0. The quantitative estimate of drug-likeness (QED) is 0.551. The van der Waals surface area contributed by atoms with Crippen molar-refractivity contribution >= 4 is 11.8 Å². The summed E-state index contributed by atoms with van der Waals surface area (Å²) in [5.41, 5.74) is 4.58. The molecule has 2 rings (SSSR count). The summed E-state index contributed by atoms with van der Waals surface area (Å²) < 4.78 is 5.18. The van der Waals surface area contributed by atoms with Gasteiger partial charge in [-0.25, -0.2) is 0 Å². The largest absolute Gasteiger partial charge is 0.497 e. The number of allylic oxidation sites excluding steroid dienone is 1. The summed E-state index contributed by atoms with van der Waals surface area (Å²) in [4.78, 5) is 0. The third-order valence-electron chi connectivity index (χ3n) is 3.51. The van der Waals surface area contributed by atoms with Crippen molar-refractivity contribution < 1.29 is 4.74 Å². The third-order valence-corrected chi connectivity index (χ3v) is 3.51. The second-order valence-corrected chi connectivity index (χ2v) is 5.33. The van der Waals surface area contributed by atoms with Crippen molar-refractivity contribution in [2.24, 2.45) is 0 Å². The number of methoxy groups -OCH3 is 1. The van der Waals surface area contributed by atoms with E-state index in [4.69, 9.17) is 4.74 Å². The lowest BCUT2D eigenvalue weighted by Crippen LogP contribution is -1.86. The topological polar surface area (TPSA) is 9.23 Å². The Hall–Kier alpha value is -2.28. The minimum absolute atomic E-state index is 0.687. The lowest BCUT2D eigenvalue weighted by atomic mass is 10.0. The Labute approximate surface area is 141 Å². The Morgan fingerprint density at radius 3 is 2.17 bits per heavy atom. The Kier molecular flexibility index (Phi) is 8.52. The monoisotopic (exact) mass is 308 g/mol. The minimum atomic E-state index is 0.687. The predicted octanol–water partition coefficient (Wildman–Crippen LogP) is 6.81. The number of hydrogen-bond acceptors (Lipinski definition) is 1. The van der Waals surface area contributed by atoms with Crippen LogP contribution in [-0.2, 0) is 4.74 Å². The first-order chi connectivity index (χ1) is 11.2. The summed E-state index contributed by atoms with van der Waals surface area (Å²) in [6.45, 7) is 10.3. The molecule has 2 aromatic rings. The van der Waals surface area contributed by atoms with Gasteiger partial charge in [-0.15, -0.1) is 0 Å². The van der Waals surface area contributed by atoms with Gasteiger partial charge < -0.3 is 4.74 Å². The van der Waals surface area contributed by atoms with Gasteiger partial charge in [0, 0.05) is 5.56 Å². The van der Waals surface area contributed by atoms with E-state index in [1.54, 1.807) is 7.11 Å². The zero-order valence-electron chi connectivity index (χ0n) is 14.8. The van der Waals surface area contributed by atoms with Gasteiger partial charge in [0.15, 0.2) is 0 Å². The molecule has 0 aliphatic rings. The Bertz CT molecular complexity index is 636. The van der Waals surface area contributed by atoms with Crippen molar-refractivity contribution in [2.45, 2.75) is 33.6 Å². The van der Waals surface area contributed by atoms with E-state index in [9.17, 15) is 0 Å². The smallest absolute Gasteiger partial charge is 0.118 e. The second kappa shape index (κ2) is 10.4. The molecule has 0 N–H and O–H groups in total. The van der Waals surface area contributed by atoms with Gasteiger partial charge in [0.1, 0.15) is 5.76 Å². The van der Waals surface area contributed by atoms with Crippen LogP contribution in [0.15, 0.2) is 61.2 Å². The molecule has 0 atom stereocenters. The molecule has 0 heterocycles. The van der Waals surface area contributed by atoms with Crippen LogP contribution in [-0.4, -0.2) is 7.11 Å². The highest BCUT2D eigenvalue weighted by Gasteiger charge is 2.02.